The van der Waals surface area contributed by atoms with Gasteiger partial charge in [-0.1, -0.05) is 20.8 Å². The summed E-state index contributed by atoms with van der Waals surface area (Å²) < 4.78 is 0. The van der Waals surface area contributed by atoms with Gasteiger partial charge in [-0.2, -0.15) is 0 Å². The van der Waals surface area contributed by atoms with Crippen LogP contribution in [-0.2, 0) is 0 Å². The third kappa shape index (κ3) is 0.968. The highest BCUT2D eigenvalue weighted by molar-refractivity contribution is 4.97. The molecule has 1 N–H and O–H groups in total. The first-order valence-electron chi connectivity index (χ1n) is 4.22. The Hall–Kier alpha value is -0.0400. The molecule has 0 saturated carbocycles. The van der Waals surface area contributed by atoms with E-state index in [4.69, 9.17) is 0 Å². The van der Waals surface area contributed by atoms with Gasteiger partial charge in [0.15, 0.2) is 0 Å². The predicted molar refractivity (Wildman–Crippen MR) is 45.0 cm³/mol. The third-order valence-corrected chi connectivity index (χ3v) is 3.55. The molecule has 0 radical (unpaired) electrons. The van der Waals surface area contributed by atoms with Crippen LogP contribution < -0.4 is 5.32 Å². The van der Waals surface area contributed by atoms with Crippen LogP contribution in [0.1, 0.15) is 34.6 Å². The zero-order valence-corrected chi connectivity index (χ0v) is 7.73. The fraction of sp³-hybridized carbons (Fsp3) is 1.00. The highest BCUT2D eigenvalue weighted by Crippen LogP contribution is 2.38. The van der Waals surface area contributed by atoms with Gasteiger partial charge in [0.2, 0.25) is 0 Å². The molecule has 1 aliphatic rings. The van der Waals surface area contributed by atoms with E-state index in [1.807, 2.05) is 0 Å². The molecule has 60 valence electrons. The number of hydrogen-bond donors (Lipinski definition) is 1. The normalized spacial score (nSPS) is 45.9. The Morgan fingerprint density at radius 2 is 1.60 bits per heavy atom. The summed E-state index contributed by atoms with van der Waals surface area (Å²) in [6.07, 6.45) is 0. The summed E-state index contributed by atoms with van der Waals surface area (Å²) in [4.78, 5) is 0. The summed E-state index contributed by atoms with van der Waals surface area (Å²) in [6.45, 7) is 11.6. The predicted octanol–water partition coefficient (Wildman–Crippen LogP) is 2.03. The van der Waals surface area contributed by atoms with Crippen molar-refractivity contribution in [3.8, 4) is 0 Å². The summed E-state index contributed by atoms with van der Waals surface area (Å²) in [5.74, 6) is 0.794. The van der Waals surface area contributed by atoms with Crippen LogP contribution in [0.15, 0.2) is 0 Å². The van der Waals surface area contributed by atoms with E-state index in [1.54, 1.807) is 0 Å². The van der Waals surface area contributed by atoms with Crippen LogP contribution >= 0.6 is 0 Å². The fourth-order valence-electron chi connectivity index (χ4n) is 1.79. The number of hydrogen-bond acceptors (Lipinski definition) is 1. The van der Waals surface area contributed by atoms with E-state index < -0.39 is 0 Å². The van der Waals surface area contributed by atoms with Crippen LogP contribution in [0.4, 0.5) is 0 Å². The standard InChI is InChI=1S/C9H19N/c1-6-7(2)10-8(3)9(6,4)5/h6-8,10H,1-5H3. The van der Waals surface area contributed by atoms with Crippen molar-refractivity contribution in [1.82, 2.24) is 5.32 Å². The van der Waals surface area contributed by atoms with Crippen molar-refractivity contribution < 1.29 is 0 Å². The van der Waals surface area contributed by atoms with E-state index >= 15 is 0 Å². The van der Waals surface area contributed by atoms with Gasteiger partial charge in [0.25, 0.3) is 0 Å². The highest BCUT2D eigenvalue weighted by Gasteiger charge is 2.41. The van der Waals surface area contributed by atoms with Crippen molar-refractivity contribution in [3.05, 3.63) is 0 Å². The smallest absolute Gasteiger partial charge is 0.00956 e. The monoisotopic (exact) mass is 141 g/mol. The first kappa shape index (κ1) is 8.06. The van der Waals surface area contributed by atoms with Crippen molar-refractivity contribution >= 4 is 0 Å². The molecular weight excluding hydrogens is 122 g/mol. The van der Waals surface area contributed by atoms with Crippen molar-refractivity contribution in [2.75, 3.05) is 0 Å². The maximum atomic E-state index is 3.56. The topological polar surface area (TPSA) is 12.0 Å². The SMILES string of the molecule is CC1NC(C)C(C)(C)C1C. The summed E-state index contributed by atoms with van der Waals surface area (Å²) in [5, 5.41) is 3.56. The Bertz CT molecular complexity index is 129. The molecule has 0 aromatic heterocycles. The largest absolute Gasteiger partial charge is 0.311 e. The lowest BCUT2D eigenvalue weighted by Gasteiger charge is -2.28. The molecule has 0 bridgehead atoms. The zero-order valence-electron chi connectivity index (χ0n) is 7.73. The van der Waals surface area contributed by atoms with E-state index in [0.29, 0.717) is 17.5 Å². The molecule has 3 atom stereocenters. The minimum atomic E-state index is 0.472. The lowest BCUT2D eigenvalue weighted by molar-refractivity contribution is 0.248. The minimum absolute atomic E-state index is 0.472. The van der Waals surface area contributed by atoms with Gasteiger partial charge in [-0.15, -0.1) is 0 Å². The van der Waals surface area contributed by atoms with Gasteiger partial charge in [-0.05, 0) is 25.2 Å². The minimum Gasteiger partial charge on any atom is -0.311 e. The molecular formula is C9H19N. The second-order valence-corrected chi connectivity index (χ2v) is 4.29. The fourth-order valence-corrected chi connectivity index (χ4v) is 1.79. The van der Waals surface area contributed by atoms with E-state index in [9.17, 15) is 0 Å². The molecule has 0 spiro atoms. The Morgan fingerprint density at radius 1 is 1.10 bits per heavy atom. The van der Waals surface area contributed by atoms with E-state index in [-0.39, 0.29) is 0 Å². The maximum Gasteiger partial charge on any atom is 0.00956 e. The summed E-state index contributed by atoms with van der Waals surface area (Å²) in [5.41, 5.74) is 0.472. The number of nitrogens with one attached hydrogen (secondary N) is 1. The second kappa shape index (κ2) is 2.23. The Labute approximate surface area is 64.2 Å². The molecule has 0 aliphatic carbocycles. The molecule has 0 amide bonds. The van der Waals surface area contributed by atoms with E-state index in [0.717, 1.165) is 5.92 Å². The van der Waals surface area contributed by atoms with Crippen LogP contribution in [0.5, 0.6) is 0 Å². The van der Waals surface area contributed by atoms with Gasteiger partial charge in [-0.25, -0.2) is 0 Å². The Kier molecular flexibility index (Phi) is 1.80. The quantitative estimate of drug-likeness (QED) is 0.544. The Morgan fingerprint density at radius 3 is 1.70 bits per heavy atom. The molecule has 3 unspecified atom stereocenters. The molecule has 1 nitrogen and oxygen atoms in total. The lowest BCUT2D eigenvalue weighted by atomic mass is 9.76. The number of rotatable bonds is 0. The van der Waals surface area contributed by atoms with Gasteiger partial charge in [-0.3, -0.25) is 0 Å². The van der Waals surface area contributed by atoms with Crippen LogP contribution in [0.3, 0.4) is 0 Å². The van der Waals surface area contributed by atoms with Crippen molar-refractivity contribution in [2.45, 2.75) is 46.7 Å². The van der Waals surface area contributed by atoms with Gasteiger partial charge in [0.1, 0.15) is 0 Å². The zero-order chi connectivity index (χ0) is 7.94. The molecule has 1 heterocycles. The first-order valence-corrected chi connectivity index (χ1v) is 4.22. The van der Waals surface area contributed by atoms with Crippen LogP contribution in [0, 0.1) is 11.3 Å². The van der Waals surface area contributed by atoms with Gasteiger partial charge < -0.3 is 5.32 Å². The van der Waals surface area contributed by atoms with Crippen LogP contribution in [-0.4, -0.2) is 12.1 Å². The molecule has 0 aromatic carbocycles. The molecule has 10 heavy (non-hydrogen) atoms. The van der Waals surface area contributed by atoms with Gasteiger partial charge >= 0.3 is 0 Å². The van der Waals surface area contributed by atoms with Crippen molar-refractivity contribution in [1.29, 1.82) is 0 Å². The van der Waals surface area contributed by atoms with Crippen LogP contribution in [0.2, 0.25) is 0 Å². The van der Waals surface area contributed by atoms with E-state index in [1.165, 1.54) is 0 Å². The summed E-state index contributed by atoms with van der Waals surface area (Å²) >= 11 is 0. The van der Waals surface area contributed by atoms with Crippen molar-refractivity contribution in [2.24, 2.45) is 11.3 Å². The summed E-state index contributed by atoms with van der Waals surface area (Å²) in [7, 11) is 0. The van der Waals surface area contributed by atoms with Gasteiger partial charge in [0.05, 0.1) is 0 Å². The van der Waals surface area contributed by atoms with Crippen LogP contribution in [0.25, 0.3) is 0 Å². The lowest BCUT2D eigenvalue weighted by Crippen LogP contribution is -2.30. The summed E-state index contributed by atoms with van der Waals surface area (Å²) in [6, 6.07) is 1.35. The first-order chi connectivity index (χ1) is 4.46. The molecule has 1 heteroatoms. The second-order valence-electron chi connectivity index (χ2n) is 4.29. The molecule has 1 rings (SSSR count). The molecule has 1 saturated heterocycles. The molecule has 1 aliphatic heterocycles. The Balaban J connectivity index is 2.75. The molecule has 0 aromatic rings. The highest BCUT2D eigenvalue weighted by atomic mass is 15.0. The van der Waals surface area contributed by atoms with Crippen molar-refractivity contribution in [3.63, 3.8) is 0 Å². The average Bonchev–Trinajstić information content (AvgIpc) is 1.97. The average molecular weight is 141 g/mol. The molecule has 1 fully saturated rings. The maximum absolute atomic E-state index is 3.56. The third-order valence-electron chi connectivity index (χ3n) is 3.55. The van der Waals surface area contributed by atoms with E-state index in [2.05, 4.69) is 39.9 Å². The van der Waals surface area contributed by atoms with Gasteiger partial charge in [0, 0.05) is 12.1 Å².